The number of carbonyl (C=O) groups excluding carboxylic acids is 1. The van der Waals surface area contributed by atoms with E-state index >= 15 is 0 Å². The molecule has 3 fully saturated rings. The Morgan fingerprint density at radius 2 is 2.04 bits per heavy atom. The zero-order valence-corrected chi connectivity index (χ0v) is 15.2. The molecule has 2 saturated heterocycles. The molecule has 6 nitrogen and oxygen atoms in total. The van der Waals surface area contributed by atoms with Crippen molar-refractivity contribution in [3.8, 4) is 5.75 Å². The van der Waals surface area contributed by atoms with Gasteiger partial charge in [-0.1, -0.05) is 18.2 Å². The van der Waals surface area contributed by atoms with Gasteiger partial charge in [-0.25, -0.2) is 4.79 Å². The summed E-state index contributed by atoms with van der Waals surface area (Å²) in [7, 11) is 0. The molecule has 0 aromatic heterocycles. The SMILES string of the molecule is O=C(NCc1ccccc1OCC1CC1)N1CCOC2(CCOCC2)C1. The van der Waals surface area contributed by atoms with E-state index in [-0.39, 0.29) is 11.6 Å². The highest BCUT2D eigenvalue weighted by Crippen LogP contribution is 2.31. The topological polar surface area (TPSA) is 60.0 Å². The quantitative estimate of drug-likeness (QED) is 0.877. The van der Waals surface area contributed by atoms with Crippen LogP contribution in [0.5, 0.6) is 5.75 Å². The molecule has 6 heteroatoms. The van der Waals surface area contributed by atoms with Crippen LogP contribution in [0.15, 0.2) is 24.3 Å². The van der Waals surface area contributed by atoms with Crippen LogP contribution in [-0.2, 0) is 16.0 Å². The fourth-order valence-corrected chi connectivity index (χ4v) is 3.63. The van der Waals surface area contributed by atoms with Crippen LogP contribution in [0.25, 0.3) is 0 Å². The number of hydrogen-bond donors (Lipinski definition) is 1. The van der Waals surface area contributed by atoms with E-state index in [4.69, 9.17) is 14.2 Å². The lowest BCUT2D eigenvalue weighted by atomic mass is 9.92. The summed E-state index contributed by atoms with van der Waals surface area (Å²) in [4.78, 5) is 14.5. The second-order valence-corrected chi connectivity index (χ2v) is 7.59. The minimum Gasteiger partial charge on any atom is -0.493 e. The third kappa shape index (κ3) is 4.30. The number of ether oxygens (including phenoxy) is 3. The van der Waals surface area contributed by atoms with Gasteiger partial charge in [-0.15, -0.1) is 0 Å². The Bertz CT molecular complexity index is 620. The summed E-state index contributed by atoms with van der Waals surface area (Å²) >= 11 is 0. The van der Waals surface area contributed by atoms with Gasteiger partial charge >= 0.3 is 6.03 Å². The summed E-state index contributed by atoms with van der Waals surface area (Å²) in [5.74, 6) is 1.59. The van der Waals surface area contributed by atoms with Gasteiger partial charge < -0.3 is 24.4 Å². The number of hydrogen-bond acceptors (Lipinski definition) is 4. The summed E-state index contributed by atoms with van der Waals surface area (Å²) in [6.07, 6.45) is 4.24. The van der Waals surface area contributed by atoms with Crippen LogP contribution in [0.3, 0.4) is 0 Å². The molecule has 0 radical (unpaired) electrons. The van der Waals surface area contributed by atoms with E-state index in [1.165, 1.54) is 12.8 Å². The number of carbonyl (C=O) groups is 1. The number of nitrogens with one attached hydrogen (secondary N) is 1. The molecule has 26 heavy (non-hydrogen) atoms. The van der Waals surface area contributed by atoms with Gasteiger partial charge in [-0.2, -0.15) is 0 Å². The number of rotatable bonds is 5. The van der Waals surface area contributed by atoms with E-state index in [1.807, 2.05) is 29.2 Å². The maximum Gasteiger partial charge on any atom is 0.317 e. The standard InChI is InChI=1S/C20H28N2O4/c23-19(22-9-12-26-20(15-22)7-10-24-11-8-20)21-13-17-3-1-2-4-18(17)25-14-16-5-6-16/h1-4,16H,5-15H2,(H,21,23). The Morgan fingerprint density at radius 1 is 1.23 bits per heavy atom. The molecule has 2 aliphatic heterocycles. The van der Waals surface area contributed by atoms with Crippen molar-refractivity contribution in [3.05, 3.63) is 29.8 Å². The summed E-state index contributed by atoms with van der Waals surface area (Å²) in [5.41, 5.74) is 0.801. The molecule has 2 heterocycles. The highest BCUT2D eigenvalue weighted by atomic mass is 16.5. The molecule has 1 saturated carbocycles. The predicted octanol–water partition coefficient (Wildman–Crippen LogP) is 2.57. The molecule has 1 aromatic rings. The van der Waals surface area contributed by atoms with Gasteiger partial charge in [0.2, 0.25) is 0 Å². The molecule has 142 valence electrons. The number of amides is 2. The van der Waals surface area contributed by atoms with E-state index in [9.17, 15) is 4.79 Å². The lowest BCUT2D eigenvalue weighted by molar-refractivity contribution is -0.145. The predicted molar refractivity (Wildman–Crippen MR) is 97.2 cm³/mol. The maximum absolute atomic E-state index is 12.7. The zero-order valence-electron chi connectivity index (χ0n) is 15.2. The highest BCUT2D eigenvalue weighted by Gasteiger charge is 2.39. The molecule has 1 spiro atoms. The molecule has 1 N–H and O–H groups in total. The first-order valence-corrected chi connectivity index (χ1v) is 9.69. The lowest BCUT2D eigenvalue weighted by Crippen LogP contribution is -2.57. The molecule has 3 aliphatic rings. The number of para-hydroxylation sites is 1. The smallest absolute Gasteiger partial charge is 0.317 e. The fourth-order valence-electron chi connectivity index (χ4n) is 3.63. The first-order chi connectivity index (χ1) is 12.7. The van der Waals surface area contributed by atoms with Crippen LogP contribution in [0.1, 0.15) is 31.2 Å². The average Bonchev–Trinajstić information content (AvgIpc) is 3.50. The van der Waals surface area contributed by atoms with Crippen LogP contribution in [-0.4, -0.2) is 56.0 Å². The molecule has 4 rings (SSSR count). The van der Waals surface area contributed by atoms with Crippen molar-refractivity contribution in [1.29, 1.82) is 0 Å². The van der Waals surface area contributed by atoms with Crippen molar-refractivity contribution >= 4 is 6.03 Å². The number of morpholine rings is 1. The summed E-state index contributed by atoms with van der Waals surface area (Å²) in [5, 5.41) is 3.05. The van der Waals surface area contributed by atoms with Gasteiger partial charge in [-0.05, 0) is 24.8 Å². The van der Waals surface area contributed by atoms with Gasteiger partial charge in [0.05, 0.1) is 25.4 Å². The second kappa shape index (κ2) is 7.84. The highest BCUT2D eigenvalue weighted by molar-refractivity contribution is 5.74. The van der Waals surface area contributed by atoms with Crippen LogP contribution in [0.2, 0.25) is 0 Å². The molecule has 2 amide bonds. The number of urea groups is 1. The van der Waals surface area contributed by atoms with Gasteiger partial charge in [-0.3, -0.25) is 0 Å². The Kier molecular flexibility index (Phi) is 5.31. The van der Waals surface area contributed by atoms with Crippen molar-refractivity contribution < 1.29 is 19.0 Å². The maximum atomic E-state index is 12.7. The molecule has 0 unspecified atom stereocenters. The van der Waals surface area contributed by atoms with E-state index in [0.29, 0.717) is 45.4 Å². The first-order valence-electron chi connectivity index (χ1n) is 9.69. The van der Waals surface area contributed by atoms with E-state index in [0.717, 1.165) is 30.8 Å². The third-order valence-electron chi connectivity index (χ3n) is 5.51. The zero-order chi connectivity index (χ0) is 17.8. The number of benzene rings is 1. The molecular formula is C20H28N2O4. The fraction of sp³-hybridized carbons (Fsp3) is 0.650. The van der Waals surface area contributed by atoms with E-state index in [1.54, 1.807) is 0 Å². The van der Waals surface area contributed by atoms with E-state index in [2.05, 4.69) is 5.32 Å². The third-order valence-corrected chi connectivity index (χ3v) is 5.51. The molecule has 0 atom stereocenters. The van der Waals surface area contributed by atoms with Gasteiger partial charge in [0.25, 0.3) is 0 Å². The Hall–Kier alpha value is -1.79. The molecule has 0 bridgehead atoms. The molecule has 1 aromatic carbocycles. The Labute approximate surface area is 154 Å². The van der Waals surface area contributed by atoms with Crippen molar-refractivity contribution in [2.75, 3.05) is 39.5 Å². The minimum atomic E-state index is -0.223. The Balaban J connectivity index is 1.32. The number of nitrogens with zero attached hydrogens (tertiary/aromatic N) is 1. The van der Waals surface area contributed by atoms with Crippen LogP contribution < -0.4 is 10.1 Å². The van der Waals surface area contributed by atoms with E-state index < -0.39 is 0 Å². The monoisotopic (exact) mass is 360 g/mol. The van der Waals surface area contributed by atoms with Crippen LogP contribution in [0.4, 0.5) is 4.79 Å². The molecule has 1 aliphatic carbocycles. The van der Waals surface area contributed by atoms with Gasteiger partial charge in [0.15, 0.2) is 0 Å². The summed E-state index contributed by atoms with van der Waals surface area (Å²) < 4.78 is 17.4. The Morgan fingerprint density at radius 3 is 2.85 bits per heavy atom. The van der Waals surface area contributed by atoms with Crippen molar-refractivity contribution in [2.45, 2.75) is 37.8 Å². The second-order valence-electron chi connectivity index (χ2n) is 7.59. The average molecular weight is 360 g/mol. The largest absolute Gasteiger partial charge is 0.493 e. The first kappa shape index (κ1) is 17.6. The minimum absolute atomic E-state index is 0.0313. The summed E-state index contributed by atoms with van der Waals surface area (Å²) in [6, 6.07) is 7.93. The van der Waals surface area contributed by atoms with Gasteiger partial charge in [0.1, 0.15) is 5.75 Å². The van der Waals surface area contributed by atoms with Gasteiger partial charge in [0, 0.05) is 44.7 Å². The summed E-state index contributed by atoms with van der Waals surface area (Å²) in [6.45, 7) is 4.54. The van der Waals surface area contributed by atoms with Crippen molar-refractivity contribution in [3.63, 3.8) is 0 Å². The van der Waals surface area contributed by atoms with Crippen LogP contribution >= 0.6 is 0 Å². The molecular weight excluding hydrogens is 332 g/mol. The van der Waals surface area contributed by atoms with Crippen molar-refractivity contribution in [2.24, 2.45) is 5.92 Å². The van der Waals surface area contributed by atoms with Crippen molar-refractivity contribution in [1.82, 2.24) is 10.2 Å². The normalized spacial score (nSPS) is 22.2. The lowest BCUT2D eigenvalue weighted by Gasteiger charge is -2.44. The van der Waals surface area contributed by atoms with Crippen LogP contribution in [0, 0.1) is 5.92 Å².